The van der Waals surface area contributed by atoms with Crippen LogP contribution in [0.2, 0.25) is 0 Å². The van der Waals surface area contributed by atoms with Gasteiger partial charge in [-0.3, -0.25) is 4.79 Å². The zero-order valence-electron chi connectivity index (χ0n) is 11.0. The van der Waals surface area contributed by atoms with E-state index in [0.717, 1.165) is 32.1 Å². The number of aryl methyl sites for hydroxylation is 1. The SMILES string of the molecule is CCc1ccc(C(=O)NC2(C(N)=NO)CCCC2)s1. The van der Waals surface area contributed by atoms with Crippen molar-refractivity contribution in [1.29, 1.82) is 0 Å². The molecule has 1 amide bonds. The van der Waals surface area contributed by atoms with Gasteiger partial charge in [-0.15, -0.1) is 11.3 Å². The number of hydrogen-bond donors (Lipinski definition) is 3. The Labute approximate surface area is 116 Å². The van der Waals surface area contributed by atoms with E-state index in [2.05, 4.69) is 17.4 Å². The molecule has 1 aliphatic rings. The van der Waals surface area contributed by atoms with Crippen molar-refractivity contribution in [2.75, 3.05) is 0 Å². The van der Waals surface area contributed by atoms with Crippen molar-refractivity contribution in [3.63, 3.8) is 0 Å². The lowest BCUT2D eigenvalue weighted by atomic mass is 9.96. The average Bonchev–Trinajstić information content (AvgIpc) is 3.06. The van der Waals surface area contributed by atoms with Crippen molar-refractivity contribution in [3.05, 3.63) is 21.9 Å². The molecule has 0 atom stereocenters. The molecule has 104 valence electrons. The van der Waals surface area contributed by atoms with E-state index in [1.54, 1.807) is 0 Å². The second kappa shape index (κ2) is 5.61. The zero-order valence-corrected chi connectivity index (χ0v) is 11.8. The normalized spacial score (nSPS) is 18.5. The lowest BCUT2D eigenvalue weighted by Gasteiger charge is -2.28. The van der Waals surface area contributed by atoms with Crippen LogP contribution in [0.25, 0.3) is 0 Å². The summed E-state index contributed by atoms with van der Waals surface area (Å²) in [6.07, 6.45) is 4.31. The number of oxime groups is 1. The summed E-state index contributed by atoms with van der Waals surface area (Å²) in [5.74, 6) is -0.0381. The Morgan fingerprint density at radius 3 is 2.74 bits per heavy atom. The Morgan fingerprint density at radius 2 is 2.21 bits per heavy atom. The van der Waals surface area contributed by atoms with Crippen LogP contribution < -0.4 is 11.1 Å². The Hall–Kier alpha value is -1.56. The first-order valence-corrected chi connectivity index (χ1v) is 7.32. The minimum atomic E-state index is -0.678. The van der Waals surface area contributed by atoms with Gasteiger partial charge in [0.2, 0.25) is 0 Å². The predicted molar refractivity (Wildman–Crippen MR) is 75.8 cm³/mol. The quantitative estimate of drug-likeness (QED) is 0.342. The van der Waals surface area contributed by atoms with Crippen LogP contribution in [0.5, 0.6) is 0 Å². The molecule has 1 aliphatic carbocycles. The Bertz CT molecular complexity index is 490. The number of nitrogens with one attached hydrogen (secondary N) is 1. The number of thiophene rings is 1. The topological polar surface area (TPSA) is 87.7 Å². The maximum absolute atomic E-state index is 12.3. The van der Waals surface area contributed by atoms with Crippen molar-refractivity contribution in [2.45, 2.75) is 44.6 Å². The lowest BCUT2D eigenvalue weighted by molar-refractivity contribution is 0.0927. The fraction of sp³-hybridized carbons (Fsp3) is 0.538. The van der Waals surface area contributed by atoms with Gasteiger partial charge in [0.15, 0.2) is 5.84 Å². The van der Waals surface area contributed by atoms with Gasteiger partial charge in [-0.1, -0.05) is 24.9 Å². The molecule has 1 aromatic rings. The summed E-state index contributed by atoms with van der Waals surface area (Å²) in [4.78, 5) is 14.1. The van der Waals surface area contributed by atoms with Crippen LogP contribution in [0, 0.1) is 0 Å². The Kier molecular flexibility index (Phi) is 4.09. The highest BCUT2D eigenvalue weighted by atomic mass is 32.1. The van der Waals surface area contributed by atoms with Crippen LogP contribution in [0.4, 0.5) is 0 Å². The fourth-order valence-electron chi connectivity index (χ4n) is 2.49. The molecule has 1 aromatic heterocycles. The molecule has 0 bridgehead atoms. The van der Waals surface area contributed by atoms with E-state index < -0.39 is 5.54 Å². The highest BCUT2D eigenvalue weighted by Crippen LogP contribution is 2.30. The third-order valence-electron chi connectivity index (χ3n) is 3.64. The highest BCUT2D eigenvalue weighted by molar-refractivity contribution is 7.14. The van der Waals surface area contributed by atoms with Gasteiger partial charge in [0, 0.05) is 4.88 Å². The second-order valence-corrected chi connectivity index (χ2v) is 6.02. The first-order chi connectivity index (χ1) is 9.11. The summed E-state index contributed by atoms with van der Waals surface area (Å²) in [5, 5.41) is 14.9. The van der Waals surface area contributed by atoms with Crippen LogP contribution in [0.15, 0.2) is 17.3 Å². The van der Waals surface area contributed by atoms with Gasteiger partial charge in [0.1, 0.15) is 5.54 Å². The number of nitrogens with zero attached hydrogens (tertiary/aromatic N) is 1. The van der Waals surface area contributed by atoms with Crippen LogP contribution in [0.3, 0.4) is 0 Å². The number of rotatable bonds is 4. The number of carbonyl (C=O) groups excluding carboxylic acids is 1. The van der Waals surface area contributed by atoms with Gasteiger partial charge in [0.25, 0.3) is 5.91 Å². The van der Waals surface area contributed by atoms with Crippen molar-refractivity contribution < 1.29 is 10.0 Å². The van der Waals surface area contributed by atoms with Gasteiger partial charge in [-0.05, 0) is 31.4 Å². The molecule has 2 rings (SSSR count). The molecule has 4 N–H and O–H groups in total. The fourth-order valence-corrected chi connectivity index (χ4v) is 3.33. The van der Waals surface area contributed by atoms with Crippen LogP contribution >= 0.6 is 11.3 Å². The first kappa shape index (κ1) is 13.9. The summed E-state index contributed by atoms with van der Waals surface area (Å²) < 4.78 is 0. The van der Waals surface area contributed by atoms with E-state index in [1.807, 2.05) is 12.1 Å². The van der Waals surface area contributed by atoms with Gasteiger partial charge in [-0.2, -0.15) is 0 Å². The second-order valence-electron chi connectivity index (χ2n) is 4.85. The number of amidine groups is 1. The van der Waals surface area contributed by atoms with Crippen LogP contribution in [0.1, 0.15) is 47.2 Å². The monoisotopic (exact) mass is 281 g/mol. The molecule has 0 unspecified atom stereocenters. The van der Waals surface area contributed by atoms with E-state index in [0.29, 0.717) is 4.88 Å². The van der Waals surface area contributed by atoms with Crippen molar-refractivity contribution in [3.8, 4) is 0 Å². The van der Waals surface area contributed by atoms with Crippen LogP contribution in [-0.2, 0) is 6.42 Å². The Balaban J connectivity index is 2.16. The zero-order chi connectivity index (χ0) is 13.9. The van der Waals surface area contributed by atoms with Gasteiger partial charge in [0.05, 0.1) is 4.88 Å². The maximum atomic E-state index is 12.3. The molecule has 1 saturated carbocycles. The maximum Gasteiger partial charge on any atom is 0.262 e. The van der Waals surface area contributed by atoms with E-state index in [1.165, 1.54) is 16.2 Å². The first-order valence-electron chi connectivity index (χ1n) is 6.50. The van der Waals surface area contributed by atoms with Gasteiger partial charge >= 0.3 is 0 Å². The predicted octanol–water partition coefficient (Wildman–Crippen LogP) is 2.10. The summed E-state index contributed by atoms with van der Waals surface area (Å²) in [6, 6.07) is 3.79. The van der Waals surface area contributed by atoms with E-state index in [4.69, 9.17) is 10.9 Å². The van der Waals surface area contributed by atoms with E-state index in [9.17, 15) is 4.79 Å². The van der Waals surface area contributed by atoms with E-state index in [-0.39, 0.29) is 11.7 Å². The third-order valence-corrected chi connectivity index (χ3v) is 4.87. The molecule has 5 nitrogen and oxygen atoms in total. The minimum absolute atomic E-state index is 0.102. The molecule has 1 fully saturated rings. The van der Waals surface area contributed by atoms with Crippen molar-refractivity contribution in [1.82, 2.24) is 5.32 Å². The summed E-state index contributed by atoms with van der Waals surface area (Å²) in [6.45, 7) is 2.06. The smallest absolute Gasteiger partial charge is 0.262 e. The molecular formula is C13H19N3O2S. The highest BCUT2D eigenvalue weighted by Gasteiger charge is 2.40. The van der Waals surface area contributed by atoms with Gasteiger partial charge < -0.3 is 16.3 Å². The average molecular weight is 281 g/mol. The largest absolute Gasteiger partial charge is 0.409 e. The third kappa shape index (κ3) is 2.73. The van der Waals surface area contributed by atoms with Crippen LogP contribution in [-0.4, -0.2) is 22.5 Å². The van der Waals surface area contributed by atoms with Crippen molar-refractivity contribution in [2.24, 2.45) is 10.9 Å². The molecule has 6 heteroatoms. The molecular weight excluding hydrogens is 262 g/mol. The van der Waals surface area contributed by atoms with Crippen molar-refractivity contribution >= 4 is 23.1 Å². The molecule has 0 saturated heterocycles. The van der Waals surface area contributed by atoms with Gasteiger partial charge in [-0.25, -0.2) is 0 Å². The minimum Gasteiger partial charge on any atom is -0.409 e. The molecule has 0 radical (unpaired) electrons. The Morgan fingerprint density at radius 1 is 1.53 bits per heavy atom. The number of amides is 1. The standard InChI is InChI=1S/C13H19N3O2S/c1-2-9-5-6-10(19-9)11(17)15-13(12(14)16-18)7-3-4-8-13/h5-6,18H,2-4,7-8H2,1H3,(H2,14,16)(H,15,17). The number of hydrogen-bond acceptors (Lipinski definition) is 4. The molecule has 0 spiro atoms. The summed E-state index contributed by atoms with van der Waals surface area (Å²) in [7, 11) is 0. The molecule has 0 aliphatic heterocycles. The molecule has 0 aromatic carbocycles. The molecule has 1 heterocycles. The number of carbonyl (C=O) groups is 1. The lowest BCUT2D eigenvalue weighted by Crippen LogP contribution is -2.55. The molecule has 19 heavy (non-hydrogen) atoms. The summed E-state index contributed by atoms with van der Waals surface area (Å²) >= 11 is 1.49. The van der Waals surface area contributed by atoms with E-state index >= 15 is 0 Å². The summed E-state index contributed by atoms with van der Waals surface area (Å²) in [5.41, 5.74) is 5.08. The number of nitrogens with two attached hydrogens (primary N) is 1.